The topological polar surface area (TPSA) is 74.9 Å². The quantitative estimate of drug-likeness (QED) is 0.681. The summed E-state index contributed by atoms with van der Waals surface area (Å²) in [5, 5.41) is 19.7. The summed E-state index contributed by atoms with van der Waals surface area (Å²) >= 11 is 0. The second kappa shape index (κ2) is 9.61. The van der Waals surface area contributed by atoms with Crippen LogP contribution in [0.5, 0.6) is 5.75 Å². The molecule has 22 heavy (non-hydrogen) atoms. The maximum Gasteiger partial charge on any atom is 0.223 e. The molecular formula is C16H28N2O4. The predicted octanol–water partition coefficient (Wildman–Crippen LogP) is 1.31. The van der Waals surface area contributed by atoms with Crippen LogP contribution in [0, 0.1) is 0 Å². The standard InChI is InChI=1S/C16H28N2O4/c1-4-6-17(7-5-2)11-14-16(21)15(20)10-13(12-19)18(14)8-9-22-3/h10,19,21H,4-9,11-12H2,1-3H3. The van der Waals surface area contributed by atoms with Gasteiger partial charge in [-0.05, 0) is 25.9 Å². The molecule has 2 N–H and O–H groups in total. The van der Waals surface area contributed by atoms with E-state index in [2.05, 4.69) is 18.7 Å². The summed E-state index contributed by atoms with van der Waals surface area (Å²) in [4.78, 5) is 14.1. The van der Waals surface area contributed by atoms with Crippen molar-refractivity contribution in [3.63, 3.8) is 0 Å². The summed E-state index contributed by atoms with van der Waals surface area (Å²) in [6.45, 7) is 7.18. The fourth-order valence-electron chi connectivity index (χ4n) is 2.61. The van der Waals surface area contributed by atoms with Crippen LogP contribution in [0.25, 0.3) is 0 Å². The van der Waals surface area contributed by atoms with Crippen molar-refractivity contribution in [1.82, 2.24) is 9.47 Å². The molecule has 0 saturated heterocycles. The zero-order valence-electron chi connectivity index (χ0n) is 13.8. The Morgan fingerprint density at radius 1 is 1.27 bits per heavy atom. The summed E-state index contributed by atoms with van der Waals surface area (Å²) in [6.07, 6.45) is 2.01. The fraction of sp³-hybridized carbons (Fsp3) is 0.688. The Morgan fingerprint density at radius 3 is 2.41 bits per heavy atom. The molecule has 6 nitrogen and oxygen atoms in total. The maximum absolute atomic E-state index is 11.9. The van der Waals surface area contributed by atoms with Crippen molar-refractivity contribution in [2.24, 2.45) is 0 Å². The number of ether oxygens (including phenoxy) is 1. The first kappa shape index (κ1) is 18.7. The average molecular weight is 312 g/mol. The Balaban J connectivity index is 3.22. The first-order valence-corrected chi connectivity index (χ1v) is 7.85. The van der Waals surface area contributed by atoms with Gasteiger partial charge in [-0.25, -0.2) is 0 Å². The smallest absolute Gasteiger partial charge is 0.223 e. The molecule has 0 radical (unpaired) electrons. The first-order valence-electron chi connectivity index (χ1n) is 7.85. The van der Waals surface area contributed by atoms with Gasteiger partial charge < -0.3 is 19.5 Å². The second-order valence-electron chi connectivity index (χ2n) is 5.37. The molecule has 0 aliphatic carbocycles. The van der Waals surface area contributed by atoms with Gasteiger partial charge in [-0.3, -0.25) is 9.69 Å². The molecule has 0 spiro atoms. The van der Waals surface area contributed by atoms with E-state index in [1.807, 2.05) is 0 Å². The van der Waals surface area contributed by atoms with E-state index in [0.717, 1.165) is 25.9 Å². The third kappa shape index (κ3) is 4.83. The van der Waals surface area contributed by atoms with Crippen molar-refractivity contribution < 1.29 is 14.9 Å². The Labute approximate surface area is 131 Å². The molecule has 0 amide bonds. The summed E-state index contributed by atoms with van der Waals surface area (Å²) < 4.78 is 6.88. The molecule has 1 aromatic heterocycles. The van der Waals surface area contributed by atoms with E-state index in [4.69, 9.17) is 4.74 Å². The van der Waals surface area contributed by atoms with Crippen LogP contribution in [0.2, 0.25) is 0 Å². The lowest BCUT2D eigenvalue weighted by Gasteiger charge is -2.25. The minimum Gasteiger partial charge on any atom is -0.503 e. The van der Waals surface area contributed by atoms with Gasteiger partial charge in [-0.15, -0.1) is 0 Å². The molecule has 1 rings (SSSR count). The zero-order chi connectivity index (χ0) is 16.5. The number of aliphatic hydroxyl groups is 1. The van der Waals surface area contributed by atoms with E-state index in [1.165, 1.54) is 6.07 Å². The molecule has 1 aromatic rings. The van der Waals surface area contributed by atoms with E-state index in [0.29, 0.717) is 31.1 Å². The zero-order valence-corrected chi connectivity index (χ0v) is 13.8. The lowest BCUT2D eigenvalue weighted by Crippen LogP contribution is -2.29. The van der Waals surface area contributed by atoms with Crippen LogP contribution in [-0.4, -0.2) is 46.5 Å². The minimum atomic E-state index is -0.444. The third-order valence-electron chi connectivity index (χ3n) is 3.61. The number of nitrogens with zero attached hydrogens (tertiary/aromatic N) is 2. The van der Waals surface area contributed by atoms with Crippen molar-refractivity contribution in [2.45, 2.75) is 46.4 Å². The highest BCUT2D eigenvalue weighted by Gasteiger charge is 2.17. The largest absolute Gasteiger partial charge is 0.503 e. The van der Waals surface area contributed by atoms with E-state index >= 15 is 0 Å². The van der Waals surface area contributed by atoms with Gasteiger partial charge in [-0.2, -0.15) is 0 Å². The summed E-state index contributed by atoms with van der Waals surface area (Å²) in [6, 6.07) is 1.29. The van der Waals surface area contributed by atoms with Crippen molar-refractivity contribution in [3.05, 3.63) is 27.7 Å². The van der Waals surface area contributed by atoms with Gasteiger partial charge >= 0.3 is 0 Å². The molecule has 0 unspecified atom stereocenters. The number of hydrogen-bond donors (Lipinski definition) is 2. The van der Waals surface area contributed by atoms with Gasteiger partial charge in [0.25, 0.3) is 0 Å². The highest BCUT2D eigenvalue weighted by Crippen LogP contribution is 2.18. The van der Waals surface area contributed by atoms with Crippen LogP contribution in [-0.2, 0) is 24.4 Å². The van der Waals surface area contributed by atoms with Crippen molar-refractivity contribution >= 4 is 0 Å². The first-order chi connectivity index (χ1) is 10.6. The molecule has 0 fully saturated rings. The molecule has 1 heterocycles. The molecule has 0 aliphatic rings. The van der Waals surface area contributed by atoms with Gasteiger partial charge in [0.15, 0.2) is 5.75 Å². The summed E-state index contributed by atoms with van der Waals surface area (Å²) in [7, 11) is 1.60. The number of aliphatic hydroxyl groups excluding tert-OH is 1. The highest BCUT2D eigenvalue weighted by atomic mass is 16.5. The molecule has 0 aromatic carbocycles. The molecule has 0 atom stereocenters. The molecule has 126 valence electrons. The molecule has 6 heteroatoms. The van der Waals surface area contributed by atoms with E-state index in [1.54, 1.807) is 11.7 Å². The van der Waals surface area contributed by atoms with Gasteiger partial charge in [0, 0.05) is 32.0 Å². The van der Waals surface area contributed by atoms with Crippen LogP contribution < -0.4 is 5.43 Å². The van der Waals surface area contributed by atoms with Crippen LogP contribution in [0.4, 0.5) is 0 Å². The minimum absolute atomic E-state index is 0.231. The van der Waals surface area contributed by atoms with Crippen molar-refractivity contribution in [3.8, 4) is 5.75 Å². The fourth-order valence-corrected chi connectivity index (χ4v) is 2.61. The van der Waals surface area contributed by atoms with Gasteiger partial charge in [-0.1, -0.05) is 13.8 Å². The van der Waals surface area contributed by atoms with E-state index in [-0.39, 0.29) is 12.4 Å². The van der Waals surface area contributed by atoms with Crippen LogP contribution in [0.15, 0.2) is 10.9 Å². The number of hydrogen-bond acceptors (Lipinski definition) is 5. The van der Waals surface area contributed by atoms with Gasteiger partial charge in [0.2, 0.25) is 5.43 Å². The summed E-state index contributed by atoms with van der Waals surface area (Å²) in [5.41, 5.74) is 0.610. The third-order valence-corrected chi connectivity index (χ3v) is 3.61. The monoisotopic (exact) mass is 312 g/mol. The normalized spacial score (nSPS) is 11.3. The number of rotatable bonds is 10. The van der Waals surface area contributed by atoms with E-state index in [9.17, 15) is 15.0 Å². The predicted molar refractivity (Wildman–Crippen MR) is 86.0 cm³/mol. The lowest BCUT2D eigenvalue weighted by atomic mass is 10.2. The summed E-state index contributed by atoms with van der Waals surface area (Å²) in [5.74, 6) is -0.231. The molecule has 0 saturated carbocycles. The Kier molecular flexibility index (Phi) is 8.16. The Morgan fingerprint density at radius 2 is 1.91 bits per heavy atom. The molecule has 0 bridgehead atoms. The SMILES string of the molecule is CCCN(CCC)Cc1c(O)c(=O)cc(CO)n1CCOC. The van der Waals surface area contributed by atoms with Gasteiger partial charge in [0.05, 0.1) is 18.9 Å². The molecule has 0 aliphatic heterocycles. The van der Waals surface area contributed by atoms with Crippen molar-refractivity contribution in [1.29, 1.82) is 0 Å². The number of methoxy groups -OCH3 is 1. The van der Waals surface area contributed by atoms with Crippen LogP contribution >= 0.6 is 0 Å². The van der Waals surface area contributed by atoms with Crippen molar-refractivity contribution in [2.75, 3.05) is 26.8 Å². The van der Waals surface area contributed by atoms with Crippen LogP contribution in [0.3, 0.4) is 0 Å². The molecular weight excluding hydrogens is 284 g/mol. The highest BCUT2D eigenvalue weighted by molar-refractivity contribution is 5.30. The van der Waals surface area contributed by atoms with Gasteiger partial charge in [0.1, 0.15) is 0 Å². The average Bonchev–Trinajstić information content (AvgIpc) is 2.51. The number of aromatic hydroxyl groups is 1. The Bertz CT molecular complexity index is 508. The van der Waals surface area contributed by atoms with E-state index < -0.39 is 5.43 Å². The second-order valence-corrected chi connectivity index (χ2v) is 5.37. The Hall–Kier alpha value is -1.37. The lowest BCUT2D eigenvalue weighted by molar-refractivity contribution is 0.177. The number of pyridine rings is 1. The maximum atomic E-state index is 11.9. The number of aromatic nitrogens is 1. The van der Waals surface area contributed by atoms with Crippen LogP contribution in [0.1, 0.15) is 38.1 Å².